The van der Waals surface area contributed by atoms with Gasteiger partial charge in [0.05, 0.1) is 4.83 Å². The lowest BCUT2D eigenvalue weighted by molar-refractivity contribution is -0.120. The highest BCUT2D eigenvalue weighted by Gasteiger charge is 2.12. The summed E-state index contributed by atoms with van der Waals surface area (Å²) in [6.07, 6.45) is 0.989. The SMILES string of the molecule is CC[C@H](Br)C(=O)NCCC(=O)Nc1ccc(C)c(C)c1. The van der Waals surface area contributed by atoms with Crippen LogP contribution in [0.4, 0.5) is 5.69 Å². The lowest BCUT2D eigenvalue weighted by Crippen LogP contribution is -2.33. The quantitative estimate of drug-likeness (QED) is 0.782. The number of carbonyl (C=O) groups excluding carboxylic acids is 2. The first-order valence-electron chi connectivity index (χ1n) is 6.73. The molecule has 0 aliphatic carbocycles. The average molecular weight is 341 g/mol. The third-order valence-electron chi connectivity index (χ3n) is 3.08. The predicted molar refractivity (Wildman–Crippen MR) is 85.2 cm³/mol. The molecule has 0 bridgehead atoms. The van der Waals surface area contributed by atoms with Gasteiger partial charge in [-0.2, -0.15) is 0 Å². The number of hydrogen-bond acceptors (Lipinski definition) is 2. The fourth-order valence-corrected chi connectivity index (χ4v) is 1.80. The van der Waals surface area contributed by atoms with E-state index in [1.807, 2.05) is 39.0 Å². The number of carbonyl (C=O) groups is 2. The summed E-state index contributed by atoms with van der Waals surface area (Å²) < 4.78 is 0. The van der Waals surface area contributed by atoms with E-state index in [9.17, 15) is 9.59 Å². The fourth-order valence-electron chi connectivity index (χ4n) is 1.64. The zero-order valence-electron chi connectivity index (χ0n) is 12.1. The van der Waals surface area contributed by atoms with Gasteiger partial charge in [-0.1, -0.05) is 28.9 Å². The lowest BCUT2D eigenvalue weighted by Gasteiger charge is -2.10. The summed E-state index contributed by atoms with van der Waals surface area (Å²) in [5.74, 6) is -0.178. The molecule has 0 unspecified atom stereocenters. The Morgan fingerprint density at radius 3 is 2.55 bits per heavy atom. The normalized spacial score (nSPS) is 11.8. The molecule has 0 aliphatic rings. The molecular formula is C15H21BrN2O2. The molecule has 0 fully saturated rings. The van der Waals surface area contributed by atoms with E-state index in [1.165, 1.54) is 5.56 Å². The second kappa shape index (κ2) is 8.04. The molecule has 5 heteroatoms. The van der Waals surface area contributed by atoms with Crippen molar-refractivity contribution in [1.29, 1.82) is 0 Å². The van der Waals surface area contributed by atoms with E-state index < -0.39 is 0 Å². The van der Waals surface area contributed by atoms with Gasteiger partial charge in [0.2, 0.25) is 11.8 Å². The first kappa shape index (κ1) is 16.7. The number of anilines is 1. The highest BCUT2D eigenvalue weighted by molar-refractivity contribution is 9.10. The lowest BCUT2D eigenvalue weighted by atomic mass is 10.1. The Labute approximate surface area is 128 Å². The number of aryl methyl sites for hydroxylation is 2. The molecule has 20 heavy (non-hydrogen) atoms. The second-order valence-corrected chi connectivity index (χ2v) is 5.87. The van der Waals surface area contributed by atoms with Gasteiger partial charge in [0, 0.05) is 18.7 Å². The summed E-state index contributed by atoms with van der Waals surface area (Å²) in [6.45, 7) is 6.30. The number of rotatable bonds is 6. The van der Waals surface area contributed by atoms with Crippen LogP contribution in [-0.4, -0.2) is 23.2 Å². The van der Waals surface area contributed by atoms with Crippen LogP contribution in [0, 0.1) is 13.8 Å². The number of halogens is 1. The van der Waals surface area contributed by atoms with Gasteiger partial charge >= 0.3 is 0 Å². The third-order valence-corrected chi connectivity index (χ3v) is 4.15. The molecule has 0 radical (unpaired) electrons. The van der Waals surface area contributed by atoms with Crippen LogP contribution < -0.4 is 10.6 Å². The second-order valence-electron chi connectivity index (χ2n) is 4.76. The van der Waals surface area contributed by atoms with Crippen LogP contribution in [0.3, 0.4) is 0 Å². The van der Waals surface area contributed by atoms with Gasteiger partial charge in [-0.3, -0.25) is 9.59 Å². The van der Waals surface area contributed by atoms with Crippen molar-refractivity contribution in [3.05, 3.63) is 29.3 Å². The topological polar surface area (TPSA) is 58.2 Å². The molecule has 0 aliphatic heterocycles. The van der Waals surface area contributed by atoms with Crippen LogP contribution in [0.5, 0.6) is 0 Å². The highest BCUT2D eigenvalue weighted by atomic mass is 79.9. The minimum Gasteiger partial charge on any atom is -0.355 e. The molecule has 1 aromatic carbocycles. The van der Waals surface area contributed by atoms with Crippen LogP contribution in [0.1, 0.15) is 30.9 Å². The van der Waals surface area contributed by atoms with Crippen LogP contribution in [-0.2, 0) is 9.59 Å². The zero-order chi connectivity index (χ0) is 15.1. The average Bonchev–Trinajstić information content (AvgIpc) is 2.41. The molecule has 2 N–H and O–H groups in total. The molecule has 0 heterocycles. The fraction of sp³-hybridized carbons (Fsp3) is 0.467. The smallest absolute Gasteiger partial charge is 0.233 e. The summed E-state index contributed by atoms with van der Waals surface area (Å²) in [5, 5.41) is 5.55. The molecule has 1 aromatic rings. The molecule has 0 saturated carbocycles. The van der Waals surface area contributed by atoms with Gasteiger partial charge in [0.15, 0.2) is 0 Å². The maximum atomic E-state index is 11.8. The Hall–Kier alpha value is -1.36. The molecule has 1 atom stereocenters. The Kier molecular flexibility index (Phi) is 6.71. The highest BCUT2D eigenvalue weighted by Crippen LogP contribution is 2.14. The number of nitrogens with one attached hydrogen (secondary N) is 2. The molecule has 0 saturated heterocycles. The first-order chi connectivity index (χ1) is 9.43. The Balaban J connectivity index is 2.37. The minimum absolute atomic E-state index is 0.0773. The van der Waals surface area contributed by atoms with Crippen LogP contribution in [0.25, 0.3) is 0 Å². The van der Waals surface area contributed by atoms with Crippen LogP contribution in [0.15, 0.2) is 18.2 Å². The van der Waals surface area contributed by atoms with E-state index in [2.05, 4.69) is 26.6 Å². The van der Waals surface area contributed by atoms with Gasteiger partial charge in [-0.15, -0.1) is 0 Å². The summed E-state index contributed by atoms with van der Waals surface area (Å²) in [7, 11) is 0. The molecule has 110 valence electrons. The van der Waals surface area contributed by atoms with Gasteiger partial charge in [0.1, 0.15) is 0 Å². The van der Waals surface area contributed by atoms with Gasteiger partial charge in [-0.25, -0.2) is 0 Å². The van der Waals surface area contributed by atoms with Gasteiger partial charge in [0.25, 0.3) is 0 Å². The first-order valence-corrected chi connectivity index (χ1v) is 7.64. The third kappa shape index (κ3) is 5.33. The monoisotopic (exact) mass is 340 g/mol. The number of amides is 2. The summed E-state index contributed by atoms with van der Waals surface area (Å²) >= 11 is 3.27. The van der Waals surface area contributed by atoms with E-state index in [-0.39, 0.29) is 23.1 Å². The van der Waals surface area contributed by atoms with Crippen LogP contribution in [0.2, 0.25) is 0 Å². The standard InChI is InChI=1S/C15H21BrN2O2/c1-4-13(16)15(20)17-8-7-14(19)18-12-6-5-10(2)11(3)9-12/h5-6,9,13H,4,7-8H2,1-3H3,(H,17,20)(H,18,19)/t13-/m0/s1. The van der Waals surface area contributed by atoms with Crippen molar-refractivity contribution < 1.29 is 9.59 Å². The van der Waals surface area contributed by atoms with Gasteiger partial charge in [-0.05, 0) is 43.5 Å². The Bertz CT molecular complexity index is 489. The van der Waals surface area contributed by atoms with E-state index in [4.69, 9.17) is 0 Å². The minimum atomic E-state index is -0.190. The van der Waals surface area contributed by atoms with E-state index in [1.54, 1.807) is 0 Å². The van der Waals surface area contributed by atoms with E-state index >= 15 is 0 Å². The van der Waals surface area contributed by atoms with Crippen molar-refractivity contribution in [2.24, 2.45) is 0 Å². The van der Waals surface area contributed by atoms with Crippen LogP contribution >= 0.6 is 15.9 Å². The number of benzene rings is 1. The molecule has 1 rings (SSSR count). The molecular weight excluding hydrogens is 320 g/mol. The van der Waals surface area contributed by atoms with Crippen molar-refractivity contribution in [2.75, 3.05) is 11.9 Å². The van der Waals surface area contributed by atoms with Crippen molar-refractivity contribution in [1.82, 2.24) is 5.32 Å². The Morgan fingerprint density at radius 1 is 1.25 bits per heavy atom. The summed E-state index contributed by atoms with van der Waals surface area (Å²) in [5.41, 5.74) is 3.12. The summed E-state index contributed by atoms with van der Waals surface area (Å²) in [4.78, 5) is 23.1. The number of alkyl halides is 1. The van der Waals surface area contributed by atoms with Gasteiger partial charge < -0.3 is 10.6 Å². The summed E-state index contributed by atoms with van der Waals surface area (Å²) in [6, 6.07) is 5.80. The molecule has 0 aromatic heterocycles. The maximum Gasteiger partial charge on any atom is 0.233 e. The predicted octanol–water partition coefficient (Wildman–Crippen LogP) is 2.92. The van der Waals surface area contributed by atoms with E-state index in [0.717, 1.165) is 17.7 Å². The zero-order valence-corrected chi connectivity index (χ0v) is 13.7. The van der Waals surface area contributed by atoms with Crippen molar-refractivity contribution in [2.45, 2.75) is 38.4 Å². The largest absolute Gasteiger partial charge is 0.355 e. The number of hydrogen-bond donors (Lipinski definition) is 2. The van der Waals surface area contributed by atoms with Crippen molar-refractivity contribution in [3.8, 4) is 0 Å². The van der Waals surface area contributed by atoms with E-state index in [0.29, 0.717) is 6.54 Å². The molecule has 2 amide bonds. The molecule has 0 spiro atoms. The Morgan fingerprint density at radius 2 is 1.95 bits per heavy atom. The maximum absolute atomic E-state index is 11.8. The van der Waals surface area contributed by atoms with Crippen molar-refractivity contribution >= 4 is 33.4 Å². The van der Waals surface area contributed by atoms with Crippen molar-refractivity contribution in [3.63, 3.8) is 0 Å². The molecule has 4 nitrogen and oxygen atoms in total.